The molecule has 0 aromatic rings. The van der Waals surface area contributed by atoms with Crippen LogP contribution in [0.4, 0.5) is 0 Å². The molecule has 2 aliphatic rings. The molecule has 15 heteroatoms. The molecule has 0 radical (unpaired) electrons. The van der Waals surface area contributed by atoms with Crippen LogP contribution in [0.2, 0.25) is 0 Å². The Kier molecular flexibility index (Phi) is 13.6. The van der Waals surface area contributed by atoms with Crippen molar-refractivity contribution in [1.29, 1.82) is 0 Å². The van der Waals surface area contributed by atoms with Gasteiger partial charge in [-0.15, -0.1) is 10.1 Å². The maximum atomic E-state index is 12.3. The maximum absolute atomic E-state index is 12.3. The van der Waals surface area contributed by atoms with Gasteiger partial charge >= 0.3 is 11.9 Å². The number of ether oxygens (including phenoxy) is 1. The van der Waals surface area contributed by atoms with Gasteiger partial charge in [0.2, 0.25) is 0 Å². The molecule has 13 nitrogen and oxygen atoms in total. The molecule has 0 N–H and O–H groups in total. The third-order valence-corrected chi connectivity index (χ3v) is 8.18. The zero-order valence-electron chi connectivity index (χ0n) is 24.4. The highest BCUT2D eigenvalue weighted by molar-refractivity contribution is 8.14. The largest absolute Gasteiger partial charge is 0.375 e. The minimum atomic E-state index is -0.836. The molecule has 2 saturated heterocycles. The normalized spacial score (nSPS) is 15.9. The van der Waals surface area contributed by atoms with Crippen LogP contribution < -0.4 is 0 Å². The Hall–Kier alpha value is -2.78. The van der Waals surface area contributed by atoms with Gasteiger partial charge in [-0.05, 0) is 38.5 Å². The first kappa shape index (κ1) is 35.4. The van der Waals surface area contributed by atoms with E-state index >= 15 is 0 Å². The number of carbonyl (C=O) groups is 8. The van der Waals surface area contributed by atoms with Crippen molar-refractivity contribution in [2.75, 3.05) is 18.1 Å². The third kappa shape index (κ3) is 12.6. The van der Waals surface area contributed by atoms with Crippen molar-refractivity contribution < 1.29 is 52.8 Å². The first-order valence-corrected chi connectivity index (χ1v) is 15.6. The summed E-state index contributed by atoms with van der Waals surface area (Å²) >= 11 is 1.56. The first-order valence-electron chi connectivity index (χ1n) is 13.7. The van der Waals surface area contributed by atoms with Crippen LogP contribution in [0.15, 0.2) is 0 Å². The van der Waals surface area contributed by atoms with Gasteiger partial charge in [-0.1, -0.05) is 43.8 Å². The molecule has 2 fully saturated rings. The lowest BCUT2D eigenvalue weighted by molar-refractivity contribution is -0.195. The quantitative estimate of drug-likeness (QED) is 0.170. The van der Waals surface area contributed by atoms with E-state index in [0.717, 1.165) is 23.5 Å². The van der Waals surface area contributed by atoms with E-state index in [0.29, 0.717) is 42.4 Å². The predicted molar refractivity (Wildman–Crippen MR) is 151 cm³/mol. The van der Waals surface area contributed by atoms with Crippen molar-refractivity contribution in [2.45, 2.75) is 97.5 Å². The Morgan fingerprint density at radius 2 is 1.10 bits per heavy atom. The van der Waals surface area contributed by atoms with Gasteiger partial charge in [-0.2, -0.15) is 0 Å². The molecular formula is C27H38N2O11S2. The third-order valence-electron chi connectivity index (χ3n) is 6.37. The SMILES string of the molecule is CC(C)(CCC(=O)SCC(=O)ON1C(=O)CCC1=O)COC(C)(C)CCCCC(=O)SCC(=O)ON1C(=O)CCC1=O. The van der Waals surface area contributed by atoms with E-state index in [1.165, 1.54) is 0 Å². The molecule has 2 aliphatic heterocycles. The van der Waals surface area contributed by atoms with Gasteiger partial charge in [0.05, 0.1) is 12.2 Å². The van der Waals surface area contributed by atoms with Crippen LogP contribution in [0.3, 0.4) is 0 Å². The fourth-order valence-corrected chi connectivity index (χ4v) is 4.99. The van der Waals surface area contributed by atoms with Crippen molar-refractivity contribution in [3.8, 4) is 0 Å². The summed E-state index contributed by atoms with van der Waals surface area (Å²) in [6, 6.07) is 0. The van der Waals surface area contributed by atoms with E-state index in [2.05, 4.69) is 0 Å². The first-order chi connectivity index (χ1) is 19.6. The van der Waals surface area contributed by atoms with Gasteiger partial charge in [0.15, 0.2) is 10.2 Å². The fourth-order valence-electron chi connectivity index (χ4n) is 3.79. The van der Waals surface area contributed by atoms with Gasteiger partial charge in [-0.25, -0.2) is 9.59 Å². The highest BCUT2D eigenvalue weighted by Crippen LogP contribution is 2.29. The van der Waals surface area contributed by atoms with Crippen molar-refractivity contribution in [3.63, 3.8) is 0 Å². The van der Waals surface area contributed by atoms with E-state index in [1.807, 2.05) is 27.7 Å². The minimum absolute atomic E-state index is 0.000523. The van der Waals surface area contributed by atoms with Gasteiger partial charge in [0.1, 0.15) is 11.5 Å². The number of rotatable bonds is 17. The predicted octanol–water partition coefficient (Wildman–Crippen LogP) is 2.88. The number of imide groups is 2. The summed E-state index contributed by atoms with van der Waals surface area (Å²) < 4.78 is 6.11. The molecule has 0 aromatic carbocycles. The number of nitrogens with zero attached hydrogens (tertiary/aromatic N) is 2. The zero-order valence-corrected chi connectivity index (χ0v) is 26.0. The lowest BCUT2D eigenvalue weighted by Gasteiger charge is -2.32. The zero-order chi connectivity index (χ0) is 31.5. The number of unbranched alkanes of at least 4 members (excludes halogenated alkanes) is 1. The minimum Gasteiger partial charge on any atom is -0.375 e. The number of hydrogen-bond acceptors (Lipinski definition) is 13. The van der Waals surface area contributed by atoms with Crippen LogP contribution in [0, 0.1) is 5.41 Å². The topological polar surface area (TPSA) is 171 Å². The summed E-state index contributed by atoms with van der Waals surface area (Å²) in [5.74, 6) is -4.54. The monoisotopic (exact) mass is 630 g/mol. The van der Waals surface area contributed by atoms with Crippen molar-refractivity contribution in [3.05, 3.63) is 0 Å². The van der Waals surface area contributed by atoms with Gasteiger partial charge in [0, 0.05) is 38.5 Å². The van der Waals surface area contributed by atoms with Crippen LogP contribution in [0.1, 0.15) is 91.9 Å². The summed E-state index contributed by atoms with van der Waals surface area (Å²) in [7, 11) is 0. The summed E-state index contributed by atoms with van der Waals surface area (Å²) in [6.45, 7) is 8.21. The smallest absolute Gasteiger partial charge is 0.343 e. The van der Waals surface area contributed by atoms with E-state index in [-0.39, 0.29) is 65.7 Å². The highest BCUT2D eigenvalue weighted by Gasteiger charge is 2.34. The molecule has 0 spiro atoms. The standard InChI is InChI=1S/C27H38N2O11S2/c1-26(2,14-12-25(37)42-16-23(35)40-29-20(32)10-11-21(29)33)17-38-27(3,4)13-6-5-7-24(36)41-15-22(34)39-28-18(30)8-9-19(28)31/h5-17H2,1-4H3. The van der Waals surface area contributed by atoms with Crippen LogP contribution >= 0.6 is 23.5 Å². The second-order valence-electron chi connectivity index (χ2n) is 11.3. The fraction of sp³-hybridized carbons (Fsp3) is 0.704. The number of amides is 4. The van der Waals surface area contributed by atoms with E-state index in [4.69, 9.17) is 14.4 Å². The molecule has 0 aliphatic carbocycles. The molecule has 42 heavy (non-hydrogen) atoms. The molecule has 0 saturated carbocycles. The van der Waals surface area contributed by atoms with Gasteiger partial charge in [0.25, 0.3) is 23.6 Å². The van der Waals surface area contributed by atoms with Crippen LogP contribution in [0.25, 0.3) is 0 Å². The summed E-state index contributed by atoms with van der Waals surface area (Å²) in [4.78, 5) is 103. The van der Waals surface area contributed by atoms with E-state index < -0.39 is 41.2 Å². The number of hydroxylamine groups is 4. The second kappa shape index (κ2) is 16.2. The molecule has 234 valence electrons. The Labute approximate surface area is 253 Å². The van der Waals surface area contributed by atoms with Gasteiger partial charge in [-0.3, -0.25) is 28.8 Å². The molecule has 2 rings (SSSR count). The van der Waals surface area contributed by atoms with Crippen LogP contribution in [0.5, 0.6) is 0 Å². The average Bonchev–Trinajstić information content (AvgIpc) is 3.41. The Morgan fingerprint density at radius 3 is 1.55 bits per heavy atom. The lowest BCUT2D eigenvalue weighted by Crippen LogP contribution is -2.33. The molecule has 4 amide bonds. The molecular weight excluding hydrogens is 592 g/mol. The molecule has 0 bridgehead atoms. The van der Waals surface area contributed by atoms with E-state index in [1.54, 1.807) is 0 Å². The summed E-state index contributed by atoms with van der Waals surface area (Å²) in [6.07, 6.45) is 2.96. The number of thioether (sulfide) groups is 2. The Morgan fingerprint density at radius 1 is 0.667 bits per heavy atom. The van der Waals surface area contributed by atoms with Gasteiger partial charge < -0.3 is 14.4 Å². The lowest BCUT2D eigenvalue weighted by atomic mass is 9.88. The number of carbonyl (C=O) groups excluding carboxylic acids is 8. The summed E-state index contributed by atoms with van der Waals surface area (Å²) in [5.41, 5.74) is -0.799. The molecule has 0 aromatic heterocycles. The second-order valence-corrected chi connectivity index (χ2v) is 13.4. The number of hydrogen-bond donors (Lipinski definition) is 0. The summed E-state index contributed by atoms with van der Waals surface area (Å²) in [5, 5.41) is 0.502. The molecule has 0 atom stereocenters. The highest BCUT2D eigenvalue weighted by atomic mass is 32.2. The van der Waals surface area contributed by atoms with Crippen LogP contribution in [-0.2, 0) is 52.8 Å². The van der Waals surface area contributed by atoms with E-state index in [9.17, 15) is 38.4 Å². The molecule has 0 unspecified atom stereocenters. The van der Waals surface area contributed by atoms with Crippen molar-refractivity contribution in [2.24, 2.45) is 5.41 Å². The van der Waals surface area contributed by atoms with Crippen molar-refractivity contribution >= 4 is 69.3 Å². The van der Waals surface area contributed by atoms with Crippen molar-refractivity contribution in [1.82, 2.24) is 10.1 Å². The average molecular weight is 631 g/mol. The Balaban J connectivity index is 1.57. The van der Waals surface area contributed by atoms with Crippen LogP contribution in [-0.4, -0.2) is 79.6 Å². The maximum Gasteiger partial charge on any atom is 0.343 e. The molecule has 2 heterocycles. The Bertz CT molecular complexity index is 1060.